The summed E-state index contributed by atoms with van der Waals surface area (Å²) in [6.45, 7) is 1.42. The zero-order valence-corrected chi connectivity index (χ0v) is 15.2. The number of halogens is 2. The smallest absolute Gasteiger partial charge is 0.340 e. The van der Waals surface area contributed by atoms with Crippen molar-refractivity contribution < 1.29 is 14.3 Å². The molecule has 0 fully saturated rings. The molecule has 0 saturated heterocycles. The number of nitrogens with one attached hydrogen (secondary N) is 1. The van der Waals surface area contributed by atoms with Gasteiger partial charge < -0.3 is 15.8 Å². The molecule has 0 spiro atoms. The van der Waals surface area contributed by atoms with Gasteiger partial charge in [-0.3, -0.25) is 4.79 Å². The van der Waals surface area contributed by atoms with E-state index in [0.717, 1.165) is 5.56 Å². The summed E-state index contributed by atoms with van der Waals surface area (Å²) >= 11 is 9.18. The van der Waals surface area contributed by atoms with E-state index in [2.05, 4.69) is 21.2 Å². The van der Waals surface area contributed by atoms with Crippen LogP contribution in [-0.4, -0.2) is 18.5 Å². The van der Waals surface area contributed by atoms with Crippen molar-refractivity contribution in [2.45, 2.75) is 13.0 Å². The third-order valence-electron chi connectivity index (χ3n) is 3.30. The standard InChI is InChI=1S/C17H16BrClN2O3/c1-10(11-3-2-4-13(19)7-11)21-16(22)9-24-17(23)14-8-12(18)5-6-15(14)20/h2-8,10H,9,20H2,1H3,(H,21,22)/t10-/m1/s1. The molecule has 0 aromatic heterocycles. The third kappa shape index (κ3) is 4.97. The molecule has 0 aliphatic rings. The van der Waals surface area contributed by atoms with Gasteiger partial charge in [-0.25, -0.2) is 4.79 Å². The summed E-state index contributed by atoms with van der Waals surface area (Å²) in [7, 11) is 0. The average molecular weight is 412 g/mol. The van der Waals surface area contributed by atoms with Gasteiger partial charge >= 0.3 is 5.97 Å². The number of carbonyl (C=O) groups excluding carboxylic acids is 2. The first kappa shape index (κ1) is 18.3. The average Bonchev–Trinajstić information content (AvgIpc) is 2.54. The molecule has 0 saturated carbocycles. The Hall–Kier alpha value is -2.05. The maximum absolute atomic E-state index is 12.0. The second kappa shape index (κ2) is 8.17. The Morgan fingerprint density at radius 3 is 2.75 bits per heavy atom. The molecule has 2 rings (SSSR count). The molecule has 7 heteroatoms. The number of esters is 1. The number of benzene rings is 2. The molecule has 1 atom stereocenters. The number of carbonyl (C=O) groups is 2. The van der Waals surface area contributed by atoms with E-state index in [4.69, 9.17) is 22.1 Å². The SMILES string of the molecule is C[C@@H](NC(=O)COC(=O)c1cc(Br)ccc1N)c1cccc(Cl)c1. The first-order valence-electron chi connectivity index (χ1n) is 7.14. The normalized spacial score (nSPS) is 11.6. The minimum Gasteiger partial charge on any atom is -0.452 e. The Morgan fingerprint density at radius 2 is 2.04 bits per heavy atom. The zero-order valence-electron chi connectivity index (χ0n) is 12.9. The van der Waals surface area contributed by atoms with E-state index in [0.29, 0.717) is 9.50 Å². The van der Waals surface area contributed by atoms with Crippen molar-refractivity contribution in [3.05, 3.63) is 63.1 Å². The van der Waals surface area contributed by atoms with Gasteiger partial charge in [0.1, 0.15) is 0 Å². The molecule has 1 amide bonds. The lowest BCUT2D eigenvalue weighted by Gasteiger charge is -2.15. The number of hydrogen-bond donors (Lipinski definition) is 2. The predicted molar refractivity (Wildman–Crippen MR) is 96.8 cm³/mol. The van der Waals surface area contributed by atoms with Crippen LogP contribution in [0.4, 0.5) is 5.69 Å². The molecule has 3 N–H and O–H groups in total. The lowest BCUT2D eigenvalue weighted by molar-refractivity contribution is -0.124. The van der Waals surface area contributed by atoms with Gasteiger partial charge in [0.15, 0.2) is 6.61 Å². The third-order valence-corrected chi connectivity index (χ3v) is 4.02. The zero-order chi connectivity index (χ0) is 17.7. The van der Waals surface area contributed by atoms with Gasteiger partial charge in [-0.05, 0) is 42.8 Å². The molecule has 0 aliphatic carbocycles. The number of amides is 1. The van der Waals surface area contributed by atoms with Gasteiger partial charge in [-0.1, -0.05) is 39.7 Å². The molecular formula is C17H16BrClN2O3. The molecule has 24 heavy (non-hydrogen) atoms. The largest absolute Gasteiger partial charge is 0.452 e. The second-order valence-electron chi connectivity index (χ2n) is 5.15. The Morgan fingerprint density at radius 1 is 1.29 bits per heavy atom. The Labute approximate surface area is 153 Å². The number of nitrogen functional groups attached to an aromatic ring is 1. The lowest BCUT2D eigenvalue weighted by Crippen LogP contribution is -2.31. The topological polar surface area (TPSA) is 81.4 Å². The van der Waals surface area contributed by atoms with E-state index in [-0.39, 0.29) is 17.3 Å². The molecule has 2 aromatic carbocycles. The quantitative estimate of drug-likeness (QED) is 0.580. The van der Waals surface area contributed by atoms with Gasteiger partial charge in [0.05, 0.1) is 11.6 Å². The highest BCUT2D eigenvalue weighted by atomic mass is 79.9. The van der Waals surface area contributed by atoms with Crippen molar-refractivity contribution in [3.63, 3.8) is 0 Å². The highest BCUT2D eigenvalue weighted by Gasteiger charge is 2.15. The molecule has 0 radical (unpaired) electrons. The van der Waals surface area contributed by atoms with Crippen LogP contribution in [0.1, 0.15) is 28.9 Å². The number of anilines is 1. The monoisotopic (exact) mass is 410 g/mol. The number of nitrogens with two attached hydrogens (primary N) is 1. The van der Waals surface area contributed by atoms with Gasteiger partial charge in [0, 0.05) is 15.2 Å². The van der Waals surface area contributed by atoms with Crippen LogP contribution in [0.2, 0.25) is 5.02 Å². The molecule has 0 aliphatic heterocycles. The molecule has 2 aromatic rings. The Kier molecular flexibility index (Phi) is 6.23. The van der Waals surface area contributed by atoms with E-state index in [9.17, 15) is 9.59 Å². The molecule has 126 valence electrons. The van der Waals surface area contributed by atoms with Crippen LogP contribution < -0.4 is 11.1 Å². The van der Waals surface area contributed by atoms with Gasteiger partial charge in [0.25, 0.3) is 5.91 Å². The van der Waals surface area contributed by atoms with Crippen molar-refractivity contribution in [2.75, 3.05) is 12.3 Å². The predicted octanol–water partition coefficient (Wildman–Crippen LogP) is 3.72. The summed E-state index contributed by atoms with van der Waals surface area (Å²) in [5.74, 6) is -1.07. The van der Waals surface area contributed by atoms with Crippen molar-refractivity contribution in [1.29, 1.82) is 0 Å². The molecule has 0 unspecified atom stereocenters. The van der Waals surface area contributed by atoms with Gasteiger partial charge in [-0.15, -0.1) is 0 Å². The number of hydrogen-bond acceptors (Lipinski definition) is 4. The minimum atomic E-state index is -0.653. The first-order chi connectivity index (χ1) is 11.4. The van der Waals surface area contributed by atoms with E-state index in [1.807, 2.05) is 13.0 Å². The maximum Gasteiger partial charge on any atom is 0.340 e. The van der Waals surface area contributed by atoms with Crippen LogP contribution >= 0.6 is 27.5 Å². The molecule has 5 nitrogen and oxygen atoms in total. The van der Waals surface area contributed by atoms with Crippen molar-refractivity contribution in [2.24, 2.45) is 0 Å². The van der Waals surface area contributed by atoms with Crippen LogP contribution in [0, 0.1) is 0 Å². The molecule has 0 heterocycles. The van der Waals surface area contributed by atoms with Crippen LogP contribution in [0.25, 0.3) is 0 Å². The second-order valence-corrected chi connectivity index (χ2v) is 6.50. The highest BCUT2D eigenvalue weighted by molar-refractivity contribution is 9.10. The fraction of sp³-hybridized carbons (Fsp3) is 0.176. The summed E-state index contributed by atoms with van der Waals surface area (Å²) in [5.41, 5.74) is 7.09. The van der Waals surface area contributed by atoms with Gasteiger partial charge in [-0.2, -0.15) is 0 Å². The Bertz CT molecular complexity index is 767. The van der Waals surface area contributed by atoms with Crippen LogP contribution in [0.3, 0.4) is 0 Å². The van der Waals surface area contributed by atoms with Crippen molar-refractivity contribution in [3.8, 4) is 0 Å². The first-order valence-corrected chi connectivity index (χ1v) is 8.31. The Balaban J connectivity index is 1.91. The van der Waals surface area contributed by atoms with Crippen LogP contribution in [0.15, 0.2) is 46.9 Å². The minimum absolute atomic E-state index is 0.208. The summed E-state index contributed by atoms with van der Waals surface area (Å²) in [5, 5.41) is 3.33. The number of rotatable bonds is 5. The highest BCUT2D eigenvalue weighted by Crippen LogP contribution is 2.19. The van der Waals surface area contributed by atoms with Gasteiger partial charge in [0.2, 0.25) is 0 Å². The summed E-state index contributed by atoms with van der Waals surface area (Å²) in [6, 6.07) is 11.8. The van der Waals surface area contributed by atoms with E-state index in [1.165, 1.54) is 0 Å². The van der Waals surface area contributed by atoms with E-state index < -0.39 is 18.5 Å². The summed E-state index contributed by atoms with van der Waals surface area (Å²) in [6.07, 6.45) is 0. The summed E-state index contributed by atoms with van der Waals surface area (Å²) in [4.78, 5) is 23.9. The van der Waals surface area contributed by atoms with Crippen LogP contribution in [-0.2, 0) is 9.53 Å². The van der Waals surface area contributed by atoms with E-state index >= 15 is 0 Å². The maximum atomic E-state index is 12.0. The lowest BCUT2D eigenvalue weighted by atomic mass is 10.1. The van der Waals surface area contributed by atoms with Crippen LogP contribution in [0.5, 0.6) is 0 Å². The molecule has 0 bridgehead atoms. The fourth-order valence-corrected chi connectivity index (χ4v) is 2.62. The fourth-order valence-electron chi connectivity index (χ4n) is 2.06. The van der Waals surface area contributed by atoms with Crippen molar-refractivity contribution >= 4 is 45.1 Å². The summed E-state index contributed by atoms with van der Waals surface area (Å²) < 4.78 is 5.71. The number of ether oxygens (including phenoxy) is 1. The van der Waals surface area contributed by atoms with E-state index in [1.54, 1.807) is 36.4 Å². The van der Waals surface area contributed by atoms with Crippen molar-refractivity contribution in [1.82, 2.24) is 5.32 Å². The molecular weight excluding hydrogens is 396 g/mol.